The molecule has 1 heterocycles. The second kappa shape index (κ2) is 7.70. The standard InChI is InChI=1S/C21H17N3O3/c25-21(14-24-20-12-5-4-11-19(20)22-23-24)26-15-16-7-6-10-18(13-16)27-17-8-2-1-3-9-17/h1-13H,14-15H2. The zero-order valence-electron chi connectivity index (χ0n) is 14.5. The Hall–Kier alpha value is -3.67. The van der Waals surface area contributed by atoms with Crippen molar-refractivity contribution in [1.82, 2.24) is 15.0 Å². The number of ether oxygens (including phenoxy) is 2. The van der Waals surface area contributed by atoms with Crippen molar-refractivity contribution in [1.29, 1.82) is 0 Å². The number of fused-ring (bicyclic) bond motifs is 1. The van der Waals surface area contributed by atoms with Crippen molar-refractivity contribution >= 4 is 17.0 Å². The fourth-order valence-electron chi connectivity index (χ4n) is 2.69. The minimum absolute atomic E-state index is 0.0146. The molecule has 0 aliphatic heterocycles. The molecule has 0 atom stereocenters. The van der Waals surface area contributed by atoms with Gasteiger partial charge in [-0.3, -0.25) is 4.79 Å². The van der Waals surface area contributed by atoms with Crippen LogP contribution in [0.3, 0.4) is 0 Å². The lowest BCUT2D eigenvalue weighted by Gasteiger charge is -2.09. The average Bonchev–Trinajstić information content (AvgIpc) is 3.10. The Balaban J connectivity index is 1.37. The summed E-state index contributed by atoms with van der Waals surface area (Å²) in [7, 11) is 0. The minimum atomic E-state index is -0.375. The maximum atomic E-state index is 12.2. The Morgan fingerprint density at radius 1 is 0.889 bits per heavy atom. The van der Waals surface area contributed by atoms with Gasteiger partial charge >= 0.3 is 5.97 Å². The van der Waals surface area contributed by atoms with E-state index in [2.05, 4.69) is 10.3 Å². The van der Waals surface area contributed by atoms with Crippen LogP contribution in [0.4, 0.5) is 0 Å². The number of para-hydroxylation sites is 2. The van der Waals surface area contributed by atoms with E-state index in [1.54, 1.807) is 0 Å². The molecule has 0 spiro atoms. The average molecular weight is 359 g/mol. The van der Waals surface area contributed by atoms with Crippen molar-refractivity contribution in [2.45, 2.75) is 13.2 Å². The van der Waals surface area contributed by atoms with Crippen molar-refractivity contribution in [2.75, 3.05) is 0 Å². The van der Waals surface area contributed by atoms with Gasteiger partial charge in [-0.05, 0) is 42.0 Å². The molecule has 0 fully saturated rings. The predicted molar refractivity (Wildman–Crippen MR) is 100 cm³/mol. The van der Waals surface area contributed by atoms with Gasteiger partial charge in [0.2, 0.25) is 0 Å². The zero-order chi connectivity index (χ0) is 18.5. The van der Waals surface area contributed by atoms with E-state index in [-0.39, 0.29) is 19.1 Å². The van der Waals surface area contributed by atoms with E-state index in [0.29, 0.717) is 5.75 Å². The molecule has 0 radical (unpaired) electrons. The molecular formula is C21H17N3O3. The molecule has 1 aromatic heterocycles. The van der Waals surface area contributed by atoms with Crippen molar-refractivity contribution in [3.63, 3.8) is 0 Å². The highest BCUT2D eigenvalue weighted by Gasteiger charge is 2.10. The fraction of sp³-hybridized carbons (Fsp3) is 0.0952. The van der Waals surface area contributed by atoms with Crippen molar-refractivity contribution in [3.05, 3.63) is 84.4 Å². The van der Waals surface area contributed by atoms with Crippen molar-refractivity contribution in [3.8, 4) is 11.5 Å². The van der Waals surface area contributed by atoms with Crippen LogP contribution in [0.1, 0.15) is 5.56 Å². The Bertz CT molecular complexity index is 1060. The topological polar surface area (TPSA) is 66.2 Å². The normalized spacial score (nSPS) is 10.7. The third kappa shape index (κ3) is 4.12. The number of esters is 1. The second-order valence-electron chi connectivity index (χ2n) is 5.96. The highest BCUT2D eigenvalue weighted by atomic mass is 16.5. The molecule has 0 aliphatic carbocycles. The lowest BCUT2D eigenvalue weighted by molar-refractivity contribution is -0.145. The summed E-state index contributed by atoms with van der Waals surface area (Å²) in [4.78, 5) is 12.2. The maximum Gasteiger partial charge on any atom is 0.328 e. The molecule has 0 aliphatic rings. The fourth-order valence-corrected chi connectivity index (χ4v) is 2.69. The van der Waals surface area contributed by atoms with Crippen LogP contribution in [-0.2, 0) is 22.7 Å². The molecule has 0 N–H and O–H groups in total. The first-order valence-electron chi connectivity index (χ1n) is 8.54. The Labute approximate surface area is 156 Å². The summed E-state index contributed by atoms with van der Waals surface area (Å²) in [6.45, 7) is 0.179. The van der Waals surface area contributed by atoms with Gasteiger partial charge in [-0.15, -0.1) is 5.10 Å². The monoisotopic (exact) mass is 359 g/mol. The number of hydrogen-bond acceptors (Lipinski definition) is 5. The number of carbonyl (C=O) groups excluding carboxylic acids is 1. The van der Waals surface area contributed by atoms with Gasteiger partial charge in [-0.1, -0.05) is 47.7 Å². The number of benzene rings is 3. The molecule has 0 bridgehead atoms. The van der Waals surface area contributed by atoms with Crippen LogP contribution in [0, 0.1) is 0 Å². The minimum Gasteiger partial charge on any atom is -0.459 e. The van der Waals surface area contributed by atoms with Crippen LogP contribution >= 0.6 is 0 Å². The second-order valence-corrected chi connectivity index (χ2v) is 5.96. The van der Waals surface area contributed by atoms with Crippen molar-refractivity contribution < 1.29 is 14.3 Å². The summed E-state index contributed by atoms with van der Waals surface area (Å²) in [6.07, 6.45) is 0. The van der Waals surface area contributed by atoms with Crippen molar-refractivity contribution in [2.24, 2.45) is 0 Å². The van der Waals surface area contributed by atoms with Crippen LogP contribution in [0.5, 0.6) is 11.5 Å². The summed E-state index contributed by atoms with van der Waals surface area (Å²) in [5.74, 6) is 1.07. The number of rotatable bonds is 6. The van der Waals surface area contributed by atoms with Crippen LogP contribution < -0.4 is 4.74 Å². The van der Waals surface area contributed by atoms with Gasteiger partial charge in [0.25, 0.3) is 0 Å². The molecule has 0 unspecified atom stereocenters. The molecule has 6 heteroatoms. The molecule has 3 aromatic carbocycles. The van der Waals surface area contributed by atoms with E-state index < -0.39 is 0 Å². The van der Waals surface area contributed by atoms with E-state index in [4.69, 9.17) is 9.47 Å². The Kier molecular flexibility index (Phi) is 4.78. The SMILES string of the molecule is O=C(Cn1nnc2ccccc21)OCc1cccc(Oc2ccccc2)c1. The summed E-state index contributed by atoms with van der Waals surface area (Å²) in [5.41, 5.74) is 2.39. The van der Waals surface area contributed by atoms with Gasteiger partial charge in [0.1, 0.15) is 30.2 Å². The quantitative estimate of drug-likeness (QED) is 0.487. The lowest BCUT2D eigenvalue weighted by Crippen LogP contribution is -2.14. The Morgan fingerprint density at radius 3 is 2.56 bits per heavy atom. The summed E-state index contributed by atoms with van der Waals surface area (Å²) < 4.78 is 12.7. The summed E-state index contributed by atoms with van der Waals surface area (Å²) in [5, 5.41) is 8.03. The molecule has 0 amide bonds. The molecule has 4 aromatic rings. The first kappa shape index (κ1) is 16.8. The van der Waals surface area contributed by atoms with Crippen LogP contribution in [-0.4, -0.2) is 21.0 Å². The van der Waals surface area contributed by atoms with Gasteiger partial charge < -0.3 is 9.47 Å². The van der Waals surface area contributed by atoms with Crippen LogP contribution in [0.25, 0.3) is 11.0 Å². The molecule has 27 heavy (non-hydrogen) atoms. The van der Waals surface area contributed by atoms with Gasteiger partial charge in [-0.25, -0.2) is 4.68 Å². The molecule has 6 nitrogen and oxygen atoms in total. The number of carbonyl (C=O) groups is 1. The van der Waals surface area contributed by atoms with E-state index in [1.807, 2.05) is 78.9 Å². The first-order chi connectivity index (χ1) is 13.3. The number of aromatic nitrogens is 3. The van der Waals surface area contributed by atoms with E-state index >= 15 is 0 Å². The number of hydrogen-bond donors (Lipinski definition) is 0. The van der Waals surface area contributed by atoms with E-state index in [9.17, 15) is 4.79 Å². The lowest BCUT2D eigenvalue weighted by atomic mass is 10.2. The molecule has 0 saturated heterocycles. The van der Waals surface area contributed by atoms with Gasteiger partial charge in [0, 0.05) is 0 Å². The van der Waals surface area contributed by atoms with E-state index in [0.717, 1.165) is 22.3 Å². The van der Waals surface area contributed by atoms with Crippen LogP contribution in [0.15, 0.2) is 78.9 Å². The number of nitrogens with zero attached hydrogens (tertiary/aromatic N) is 3. The molecule has 4 rings (SSSR count). The largest absolute Gasteiger partial charge is 0.459 e. The van der Waals surface area contributed by atoms with Gasteiger partial charge in [-0.2, -0.15) is 0 Å². The highest BCUT2D eigenvalue weighted by Crippen LogP contribution is 2.22. The summed E-state index contributed by atoms with van der Waals surface area (Å²) in [6, 6.07) is 24.5. The zero-order valence-corrected chi connectivity index (χ0v) is 14.5. The van der Waals surface area contributed by atoms with E-state index in [1.165, 1.54) is 4.68 Å². The predicted octanol–water partition coefficient (Wildman–Crippen LogP) is 3.97. The Morgan fingerprint density at radius 2 is 1.67 bits per heavy atom. The molecule has 134 valence electrons. The van der Waals surface area contributed by atoms with Gasteiger partial charge in [0.05, 0.1) is 5.52 Å². The van der Waals surface area contributed by atoms with Crippen LogP contribution in [0.2, 0.25) is 0 Å². The maximum absolute atomic E-state index is 12.2. The third-order valence-electron chi connectivity index (χ3n) is 3.98. The van der Waals surface area contributed by atoms with Gasteiger partial charge in [0.15, 0.2) is 0 Å². The smallest absolute Gasteiger partial charge is 0.328 e. The summed E-state index contributed by atoms with van der Waals surface area (Å²) >= 11 is 0. The molecular weight excluding hydrogens is 342 g/mol. The molecule has 0 saturated carbocycles. The highest BCUT2D eigenvalue weighted by molar-refractivity contribution is 5.77. The third-order valence-corrected chi connectivity index (χ3v) is 3.98. The first-order valence-corrected chi connectivity index (χ1v) is 8.54.